The van der Waals surface area contributed by atoms with E-state index in [9.17, 15) is 19.1 Å². The molecule has 15 heteroatoms. The van der Waals surface area contributed by atoms with Crippen molar-refractivity contribution in [2.24, 2.45) is 0 Å². The number of imidazole rings is 1. The number of aromatic nitrogens is 5. The predicted octanol–water partition coefficient (Wildman–Crippen LogP) is 4.84. The Labute approximate surface area is 278 Å². The van der Waals surface area contributed by atoms with E-state index in [0.717, 1.165) is 38.2 Å². The summed E-state index contributed by atoms with van der Waals surface area (Å²) in [4.78, 5) is 42.4. The number of hydrogen-bond acceptors (Lipinski definition) is 10. The molecule has 1 atom stereocenters. The molecule has 248 valence electrons. The highest BCUT2D eigenvalue weighted by Crippen LogP contribution is 2.28. The van der Waals surface area contributed by atoms with Crippen LogP contribution >= 0.6 is 11.6 Å². The summed E-state index contributed by atoms with van der Waals surface area (Å²) >= 11 is 6.05. The molecule has 2 fully saturated rings. The highest BCUT2D eigenvalue weighted by atomic mass is 35.5. The molecule has 0 saturated carbocycles. The van der Waals surface area contributed by atoms with Crippen molar-refractivity contribution in [3.8, 4) is 11.6 Å². The minimum Gasteiger partial charge on any atom is -0.484 e. The molecule has 2 aromatic carbocycles. The Kier molecular flexibility index (Phi) is 8.91. The molecule has 1 unspecified atom stereocenters. The Morgan fingerprint density at radius 1 is 1.04 bits per heavy atom. The number of amides is 1. The van der Waals surface area contributed by atoms with E-state index < -0.39 is 11.8 Å². The first kappa shape index (κ1) is 31.5. The Morgan fingerprint density at radius 2 is 1.90 bits per heavy atom. The van der Waals surface area contributed by atoms with Crippen LogP contribution in [0.25, 0.3) is 11.0 Å². The number of likely N-dealkylation sites (tertiary alicyclic amines) is 2. The topological polar surface area (TPSA) is 149 Å². The third-order valence-corrected chi connectivity index (χ3v) is 8.94. The maximum Gasteiger partial charge on any atom is 0.335 e. The van der Waals surface area contributed by atoms with E-state index in [1.165, 1.54) is 24.5 Å². The van der Waals surface area contributed by atoms with E-state index in [1.54, 1.807) is 41.4 Å². The van der Waals surface area contributed by atoms with Crippen LogP contribution in [-0.2, 0) is 19.7 Å². The molecule has 1 amide bonds. The van der Waals surface area contributed by atoms with Crippen molar-refractivity contribution in [2.45, 2.75) is 51.1 Å². The molecule has 0 aliphatic carbocycles. The SMILES string of the molecule is O=C(O)c1ccc2nc(CN3CCC(Oc4ccnc(COc5ccc(F)cc5Cl)n4)CC3)n(CC3CCN3C(=O)c3ccon3)c2c1. The second-order valence-corrected chi connectivity index (χ2v) is 12.1. The monoisotopic (exact) mass is 675 g/mol. The molecular weight excluding hydrogens is 645 g/mol. The Morgan fingerprint density at radius 3 is 2.62 bits per heavy atom. The number of rotatable bonds is 11. The summed E-state index contributed by atoms with van der Waals surface area (Å²) in [5.41, 5.74) is 1.85. The molecule has 5 aromatic rings. The number of halogens is 2. The van der Waals surface area contributed by atoms with E-state index in [0.29, 0.717) is 48.1 Å². The molecule has 2 saturated heterocycles. The second kappa shape index (κ2) is 13.6. The smallest absolute Gasteiger partial charge is 0.335 e. The van der Waals surface area contributed by atoms with Gasteiger partial charge in [-0.05, 0) is 55.7 Å². The van der Waals surface area contributed by atoms with Crippen LogP contribution < -0.4 is 9.47 Å². The number of benzene rings is 2. The summed E-state index contributed by atoms with van der Waals surface area (Å²) in [7, 11) is 0. The van der Waals surface area contributed by atoms with Crippen molar-refractivity contribution in [2.75, 3.05) is 19.6 Å². The summed E-state index contributed by atoms with van der Waals surface area (Å²) in [6.45, 7) is 3.18. The van der Waals surface area contributed by atoms with Gasteiger partial charge in [-0.3, -0.25) is 9.69 Å². The first-order valence-corrected chi connectivity index (χ1v) is 15.9. The van der Waals surface area contributed by atoms with Gasteiger partial charge in [-0.1, -0.05) is 16.8 Å². The summed E-state index contributed by atoms with van der Waals surface area (Å²) in [5.74, 6) is 0.323. The average Bonchev–Trinajstić information content (AvgIpc) is 3.72. The van der Waals surface area contributed by atoms with Gasteiger partial charge in [0.15, 0.2) is 11.5 Å². The van der Waals surface area contributed by atoms with Crippen LogP contribution in [0.2, 0.25) is 5.02 Å². The van der Waals surface area contributed by atoms with Crippen molar-refractivity contribution >= 4 is 34.5 Å². The molecule has 0 spiro atoms. The van der Waals surface area contributed by atoms with E-state index >= 15 is 0 Å². The highest BCUT2D eigenvalue weighted by molar-refractivity contribution is 6.32. The van der Waals surface area contributed by atoms with Crippen molar-refractivity contribution in [1.29, 1.82) is 0 Å². The second-order valence-electron chi connectivity index (χ2n) is 11.7. The lowest BCUT2D eigenvalue weighted by Gasteiger charge is -2.41. The molecule has 0 bridgehead atoms. The van der Waals surface area contributed by atoms with E-state index in [-0.39, 0.29) is 40.9 Å². The average molecular weight is 676 g/mol. The molecule has 7 rings (SSSR count). The van der Waals surface area contributed by atoms with Crippen LogP contribution in [0, 0.1) is 5.82 Å². The van der Waals surface area contributed by atoms with E-state index in [1.807, 2.05) is 4.57 Å². The number of ether oxygens (including phenoxy) is 2. The minimum atomic E-state index is -1.01. The zero-order valence-corrected chi connectivity index (χ0v) is 26.4. The molecule has 1 N–H and O–H groups in total. The summed E-state index contributed by atoms with van der Waals surface area (Å²) in [6, 6.07) is 12.0. The van der Waals surface area contributed by atoms with Gasteiger partial charge in [-0.25, -0.2) is 19.2 Å². The molecule has 13 nitrogen and oxygen atoms in total. The fourth-order valence-electron chi connectivity index (χ4n) is 6.01. The molecular formula is C33H31ClFN7O6. The molecule has 3 aromatic heterocycles. The van der Waals surface area contributed by atoms with Gasteiger partial charge >= 0.3 is 5.97 Å². The normalized spacial score (nSPS) is 17.0. The van der Waals surface area contributed by atoms with Gasteiger partial charge < -0.3 is 28.6 Å². The third-order valence-electron chi connectivity index (χ3n) is 8.65. The number of carbonyl (C=O) groups is 2. The maximum atomic E-state index is 13.3. The fraction of sp³-hybridized carbons (Fsp3) is 0.333. The number of carboxylic acids is 1. The minimum absolute atomic E-state index is 0.0446. The fourth-order valence-corrected chi connectivity index (χ4v) is 6.24. The number of nitrogens with zero attached hydrogens (tertiary/aromatic N) is 7. The summed E-state index contributed by atoms with van der Waals surface area (Å²) in [5, 5.41) is 13.6. The van der Waals surface area contributed by atoms with E-state index in [4.69, 9.17) is 30.6 Å². The zero-order valence-electron chi connectivity index (χ0n) is 25.7. The lowest BCUT2D eigenvalue weighted by atomic mass is 10.0. The number of hydrogen-bond donors (Lipinski definition) is 1. The Balaban J connectivity index is 0.997. The van der Waals surface area contributed by atoms with Gasteiger partial charge in [0.1, 0.15) is 36.4 Å². The lowest BCUT2D eigenvalue weighted by Crippen LogP contribution is -2.53. The van der Waals surface area contributed by atoms with Crippen molar-refractivity contribution in [3.63, 3.8) is 0 Å². The maximum absolute atomic E-state index is 13.3. The summed E-state index contributed by atoms with van der Waals surface area (Å²) < 4.78 is 32.1. The number of carbonyl (C=O) groups excluding carboxylic acids is 1. The van der Waals surface area contributed by atoms with Gasteiger partial charge in [0, 0.05) is 44.5 Å². The highest BCUT2D eigenvalue weighted by Gasteiger charge is 2.35. The van der Waals surface area contributed by atoms with Gasteiger partial charge in [0.05, 0.1) is 34.2 Å². The molecule has 2 aliphatic rings. The quantitative estimate of drug-likeness (QED) is 0.205. The third kappa shape index (κ3) is 6.80. The number of piperidine rings is 1. The number of fused-ring (bicyclic) bond motifs is 1. The van der Waals surface area contributed by atoms with Crippen LogP contribution in [0.15, 0.2) is 65.5 Å². The Bertz CT molecular complexity index is 1950. The van der Waals surface area contributed by atoms with Crippen LogP contribution in [-0.4, -0.2) is 83.2 Å². The van der Waals surface area contributed by atoms with Gasteiger partial charge in [-0.15, -0.1) is 0 Å². The lowest BCUT2D eigenvalue weighted by molar-refractivity contribution is 0.0411. The number of carboxylic acid groups (broad SMARTS) is 1. The van der Waals surface area contributed by atoms with Crippen LogP contribution in [0.1, 0.15) is 51.8 Å². The van der Waals surface area contributed by atoms with Crippen molar-refractivity contribution in [3.05, 3.63) is 94.7 Å². The molecule has 2 aliphatic heterocycles. The van der Waals surface area contributed by atoms with Crippen molar-refractivity contribution in [1.82, 2.24) is 34.5 Å². The van der Waals surface area contributed by atoms with E-state index in [2.05, 4.69) is 20.0 Å². The predicted molar refractivity (Wildman–Crippen MR) is 169 cm³/mol. The molecule has 0 radical (unpaired) electrons. The molecule has 48 heavy (non-hydrogen) atoms. The Hall–Kier alpha value is -5.08. The number of aromatic carboxylic acids is 1. The van der Waals surface area contributed by atoms with Gasteiger partial charge in [-0.2, -0.15) is 4.98 Å². The largest absolute Gasteiger partial charge is 0.484 e. The first-order chi connectivity index (χ1) is 23.3. The van der Waals surface area contributed by atoms with Gasteiger partial charge in [0.2, 0.25) is 5.88 Å². The van der Waals surface area contributed by atoms with Gasteiger partial charge in [0.25, 0.3) is 5.91 Å². The van der Waals surface area contributed by atoms with Crippen LogP contribution in [0.3, 0.4) is 0 Å². The molecule has 5 heterocycles. The van der Waals surface area contributed by atoms with Crippen LogP contribution in [0.5, 0.6) is 11.6 Å². The summed E-state index contributed by atoms with van der Waals surface area (Å²) in [6.07, 6.45) is 5.24. The van der Waals surface area contributed by atoms with Crippen LogP contribution in [0.4, 0.5) is 4.39 Å². The standard InChI is InChI=1S/C33H31ClFN7O6/c34-24-16-21(35)2-4-28(24)46-19-29-36-10-5-31(38-29)48-23-7-11-40(12-8-23)18-30-37-25-3-1-20(33(44)45)15-27(25)42(30)17-22-6-13-41(22)32(43)26-9-14-47-39-26/h1-5,9-10,14-16,22-23H,6-8,11-13,17-19H2,(H,44,45). The van der Waals surface area contributed by atoms with Crippen molar-refractivity contribution < 1.29 is 33.1 Å². The first-order valence-electron chi connectivity index (χ1n) is 15.5. The zero-order chi connectivity index (χ0) is 33.2.